The molecule has 1 aromatic carbocycles. The molecule has 1 amide bonds. The van der Waals surface area contributed by atoms with Crippen LogP contribution in [0, 0.1) is 5.92 Å². The quantitative estimate of drug-likeness (QED) is 0.774. The number of phenolic OH excluding ortho intramolecular Hbond substituents is 1. The largest absolute Gasteiger partial charge is 0.508 e. The van der Waals surface area contributed by atoms with Crippen LogP contribution in [-0.4, -0.2) is 27.9 Å². The number of benzene rings is 1. The SMILES string of the molecule is CC(CCc1ccc(NC(=O)OC(C)(C)C)cc1O)C(=O)O. The van der Waals surface area contributed by atoms with E-state index in [-0.39, 0.29) is 5.75 Å². The predicted octanol–water partition coefficient (Wildman–Crippen LogP) is 3.39. The van der Waals surface area contributed by atoms with Gasteiger partial charge < -0.3 is 14.9 Å². The number of carbonyl (C=O) groups is 2. The molecular formula is C16H23NO5. The molecule has 0 bridgehead atoms. The number of phenols is 1. The molecule has 1 atom stereocenters. The Bertz CT molecular complexity index is 548. The highest BCUT2D eigenvalue weighted by Gasteiger charge is 2.17. The third-order valence-corrected chi connectivity index (χ3v) is 3.00. The zero-order chi connectivity index (χ0) is 16.9. The number of hydrogen-bond donors (Lipinski definition) is 3. The number of carbonyl (C=O) groups excluding carboxylic acids is 1. The number of anilines is 1. The highest BCUT2D eigenvalue weighted by Crippen LogP contribution is 2.24. The van der Waals surface area contributed by atoms with Gasteiger partial charge in [0.25, 0.3) is 0 Å². The summed E-state index contributed by atoms with van der Waals surface area (Å²) in [5.41, 5.74) is 0.462. The Labute approximate surface area is 130 Å². The van der Waals surface area contributed by atoms with Gasteiger partial charge in [0.2, 0.25) is 0 Å². The Morgan fingerprint density at radius 1 is 1.32 bits per heavy atom. The van der Waals surface area contributed by atoms with E-state index in [1.54, 1.807) is 39.8 Å². The lowest BCUT2D eigenvalue weighted by atomic mass is 10.0. The molecule has 0 aliphatic rings. The van der Waals surface area contributed by atoms with Gasteiger partial charge in [-0.05, 0) is 45.2 Å². The van der Waals surface area contributed by atoms with Crippen molar-refractivity contribution >= 4 is 17.7 Å². The Morgan fingerprint density at radius 3 is 2.45 bits per heavy atom. The van der Waals surface area contributed by atoms with Crippen LogP contribution in [0.3, 0.4) is 0 Å². The Morgan fingerprint density at radius 2 is 1.95 bits per heavy atom. The predicted molar refractivity (Wildman–Crippen MR) is 83.1 cm³/mol. The average molecular weight is 309 g/mol. The molecule has 0 saturated heterocycles. The summed E-state index contributed by atoms with van der Waals surface area (Å²) in [4.78, 5) is 22.4. The van der Waals surface area contributed by atoms with Crippen LogP contribution in [0.4, 0.5) is 10.5 Å². The number of carboxylic acids is 1. The van der Waals surface area contributed by atoms with E-state index in [2.05, 4.69) is 5.32 Å². The van der Waals surface area contributed by atoms with Crippen molar-refractivity contribution in [2.45, 2.75) is 46.1 Å². The lowest BCUT2D eigenvalue weighted by molar-refractivity contribution is -0.141. The smallest absolute Gasteiger partial charge is 0.412 e. The van der Waals surface area contributed by atoms with Gasteiger partial charge in [0.1, 0.15) is 11.4 Å². The van der Waals surface area contributed by atoms with Crippen LogP contribution in [0.5, 0.6) is 5.75 Å². The second-order valence-electron chi connectivity index (χ2n) is 6.25. The van der Waals surface area contributed by atoms with Gasteiger partial charge in [0.05, 0.1) is 5.92 Å². The van der Waals surface area contributed by atoms with Crippen molar-refractivity contribution in [2.24, 2.45) is 5.92 Å². The summed E-state index contributed by atoms with van der Waals surface area (Å²) >= 11 is 0. The Hall–Kier alpha value is -2.24. The van der Waals surface area contributed by atoms with E-state index in [0.29, 0.717) is 24.1 Å². The molecule has 0 spiro atoms. The molecule has 122 valence electrons. The fourth-order valence-electron chi connectivity index (χ4n) is 1.77. The number of aliphatic carboxylic acids is 1. The average Bonchev–Trinajstić information content (AvgIpc) is 2.34. The number of aryl methyl sites for hydroxylation is 1. The zero-order valence-electron chi connectivity index (χ0n) is 13.3. The molecule has 1 aromatic rings. The van der Waals surface area contributed by atoms with Gasteiger partial charge in [-0.3, -0.25) is 10.1 Å². The first-order valence-electron chi connectivity index (χ1n) is 7.13. The maximum absolute atomic E-state index is 11.6. The zero-order valence-corrected chi connectivity index (χ0v) is 13.3. The second kappa shape index (κ2) is 7.15. The number of aromatic hydroxyl groups is 1. The number of rotatable bonds is 5. The number of nitrogens with one attached hydrogen (secondary N) is 1. The van der Waals surface area contributed by atoms with Crippen LogP contribution < -0.4 is 5.32 Å². The first-order chi connectivity index (χ1) is 10.1. The summed E-state index contributed by atoms with van der Waals surface area (Å²) in [6.45, 7) is 6.90. The summed E-state index contributed by atoms with van der Waals surface area (Å²) in [5.74, 6) is -1.31. The van der Waals surface area contributed by atoms with E-state index < -0.39 is 23.6 Å². The molecule has 0 aliphatic carbocycles. The maximum atomic E-state index is 11.6. The van der Waals surface area contributed by atoms with Crippen LogP contribution in [0.2, 0.25) is 0 Å². The van der Waals surface area contributed by atoms with Gasteiger partial charge in [-0.25, -0.2) is 4.79 Å². The van der Waals surface area contributed by atoms with Crippen molar-refractivity contribution in [3.63, 3.8) is 0 Å². The van der Waals surface area contributed by atoms with Crippen LogP contribution in [0.25, 0.3) is 0 Å². The minimum absolute atomic E-state index is 0.0196. The highest BCUT2D eigenvalue weighted by molar-refractivity contribution is 5.85. The van der Waals surface area contributed by atoms with Crippen molar-refractivity contribution in [3.8, 4) is 5.75 Å². The van der Waals surface area contributed by atoms with Gasteiger partial charge in [0.15, 0.2) is 0 Å². The molecule has 3 N–H and O–H groups in total. The van der Waals surface area contributed by atoms with E-state index in [0.717, 1.165) is 0 Å². The molecule has 1 unspecified atom stereocenters. The fourth-order valence-corrected chi connectivity index (χ4v) is 1.77. The standard InChI is InChI=1S/C16H23NO5/c1-10(14(19)20)5-6-11-7-8-12(9-13(11)18)17-15(21)22-16(2,3)4/h7-10,18H,5-6H2,1-4H3,(H,17,21)(H,19,20). The minimum atomic E-state index is -0.859. The third kappa shape index (κ3) is 6.03. The number of carboxylic acid groups (broad SMARTS) is 1. The van der Waals surface area contributed by atoms with Crippen molar-refractivity contribution < 1.29 is 24.5 Å². The van der Waals surface area contributed by atoms with Crippen LogP contribution in [0.1, 0.15) is 39.7 Å². The van der Waals surface area contributed by atoms with Gasteiger partial charge in [0, 0.05) is 11.8 Å². The minimum Gasteiger partial charge on any atom is -0.508 e. The molecule has 6 heteroatoms. The van der Waals surface area contributed by atoms with Gasteiger partial charge in [-0.1, -0.05) is 13.0 Å². The lowest BCUT2D eigenvalue weighted by Crippen LogP contribution is -2.27. The monoisotopic (exact) mass is 309 g/mol. The number of ether oxygens (including phenoxy) is 1. The highest BCUT2D eigenvalue weighted by atomic mass is 16.6. The molecule has 0 radical (unpaired) electrons. The Kier molecular flexibility index (Phi) is 5.79. The first-order valence-corrected chi connectivity index (χ1v) is 7.13. The summed E-state index contributed by atoms with van der Waals surface area (Å²) in [6.07, 6.45) is 0.285. The summed E-state index contributed by atoms with van der Waals surface area (Å²) in [5, 5.41) is 21.3. The topological polar surface area (TPSA) is 95.9 Å². The van der Waals surface area contributed by atoms with Gasteiger partial charge in [-0.15, -0.1) is 0 Å². The summed E-state index contributed by atoms with van der Waals surface area (Å²) < 4.78 is 5.12. The molecule has 0 fully saturated rings. The summed E-state index contributed by atoms with van der Waals surface area (Å²) in [6, 6.07) is 4.73. The van der Waals surface area contributed by atoms with E-state index >= 15 is 0 Å². The van der Waals surface area contributed by atoms with Crippen molar-refractivity contribution in [2.75, 3.05) is 5.32 Å². The molecule has 1 rings (SSSR count). The molecule has 0 heterocycles. The van der Waals surface area contributed by atoms with Crippen molar-refractivity contribution in [1.82, 2.24) is 0 Å². The molecule has 0 saturated carbocycles. The van der Waals surface area contributed by atoms with E-state index in [1.807, 2.05) is 0 Å². The van der Waals surface area contributed by atoms with Gasteiger partial charge in [-0.2, -0.15) is 0 Å². The normalized spacial score (nSPS) is 12.5. The van der Waals surface area contributed by atoms with Crippen LogP contribution >= 0.6 is 0 Å². The maximum Gasteiger partial charge on any atom is 0.412 e. The van der Waals surface area contributed by atoms with Crippen LogP contribution in [-0.2, 0) is 16.0 Å². The third-order valence-electron chi connectivity index (χ3n) is 3.00. The number of hydrogen-bond acceptors (Lipinski definition) is 4. The second-order valence-corrected chi connectivity index (χ2v) is 6.25. The number of amides is 1. The molecule has 6 nitrogen and oxygen atoms in total. The van der Waals surface area contributed by atoms with Crippen molar-refractivity contribution in [3.05, 3.63) is 23.8 Å². The fraction of sp³-hybridized carbons (Fsp3) is 0.500. The van der Waals surface area contributed by atoms with E-state index in [1.165, 1.54) is 6.07 Å². The lowest BCUT2D eigenvalue weighted by Gasteiger charge is -2.19. The molecular weight excluding hydrogens is 286 g/mol. The summed E-state index contributed by atoms with van der Waals surface area (Å²) in [7, 11) is 0. The molecule has 0 aliphatic heterocycles. The Balaban J connectivity index is 2.65. The molecule has 22 heavy (non-hydrogen) atoms. The van der Waals surface area contributed by atoms with Gasteiger partial charge >= 0.3 is 12.1 Å². The van der Waals surface area contributed by atoms with E-state index in [4.69, 9.17) is 9.84 Å². The van der Waals surface area contributed by atoms with E-state index in [9.17, 15) is 14.7 Å². The molecule has 0 aromatic heterocycles. The first kappa shape index (κ1) is 17.8. The van der Waals surface area contributed by atoms with Crippen LogP contribution in [0.15, 0.2) is 18.2 Å². The van der Waals surface area contributed by atoms with Crippen molar-refractivity contribution in [1.29, 1.82) is 0 Å².